The summed E-state index contributed by atoms with van der Waals surface area (Å²) >= 11 is 0. The van der Waals surface area contributed by atoms with E-state index in [9.17, 15) is 4.79 Å². The Morgan fingerprint density at radius 1 is 1.47 bits per heavy atom. The molecule has 0 aromatic carbocycles. The average molecular weight is 265 g/mol. The Morgan fingerprint density at radius 2 is 2.11 bits per heavy atom. The van der Waals surface area contributed by atoms with Crippen LogP contribution in [0.15, 0.2) is 4.42 Å². The van der Waals surface area contributed by atoms with Gasteiger partial charge < -0.3 is 9.52 Å². The largest absolute Gasteiger partial charge is 0.475 e. The Kier molecular flexibility index (Phi) is 3.70. The van der Waals surface area contributed by atoms with Crippen LogP contribution in [-0.2, 0) is 6.42 Å². The van der Waals surface area contributed by atoms with E-state index < -0.39 is 5.97 Å². The molecule has 1 aliphatic carbocycles. The van der Waals surface area contributed by atoms with Gasteiger partial charge in [-0.05, 0) is 30.6 Å². The van der Waals surface area contributed by atoms with Crippen molar-refractivity contribution in [1.29, 1.82) is 0 Å². The maximum absolute atomic E-state index is 11.1. The summed E-state index contributed by atoms with van der Waals surface area (Å²) in [5.41, 5.74) is 0.923. The van der Waals surface area contributed by atoms with Gasteiger partial charge in [0.1, 0.15) is 0 Å². The van der Waals surface area contributed by atoms with Crippen molar-refractivity contribution in [3.63, 3.8) is 0 Å². The number of rotatable bonds is 5. The van der Waals surface area contributed by atoms with Crippen LogP contribution in [0.25, 0.3) is 0 Å². The highest BCUT2D eigenvalue weighted by Crippen LogP contribution is 2.41. The second-order valence-corrected chi connectivity index (χ2v) is 6.98. The summed E-state index contributed by atoms with van der Waals surface area (Å²) in [5, 5.41) is 9.14. The Bertz CT molecular complexity index is 466. The molecule has 1 aromatic rings. The first-order chi connectivity index (χ1) is 8.76. The lowest BCUT2D eigenvalue weighted by Gasteiger charge is -2.22. The van der Waals surface area contributed by atoms with Crippen LogP contribution < -0.4 is 0 Å². The van der Waals surface area contributed by atoms with E-state index in [1.54, 1.807) is 0 Å². The number of carboxylic acid groups (broad SMARTS) is 1. The first kappa shape index (κ1) is 14.1. The molecule has 0 saturated heterocycles. The standard InChI is InChI=1S/C15H23NO3/c1-9(8-15(2,3)4)7-11-16-12(10-5-6-10)13(19-11)14(17)18/h9-10H,5-8H2,1-4H3,(H,17,18). The van der Waals surface area contributed by atoms with Crippen LogP contribution >= 0.6 is 0 Å². The summed E-state index contributed by atoms with van der Waals surface area (Å²) in [4.78, 5) is 15.6. The maximum atomic E-state index is 11.1. The summed E-state index contributed by atoms with van der Waals surface area (Å²) in [6.07, 6.45) is 3.84. The van der Waals surface area contributed by atoms with E-state index in [0.717, 1.165) is 19.3 Å². The topological polar surface area (TPSA) is 63.3 Å². The Balaban J connectivity index is 2.08. The van der Waals surface area contributed by atoms with Gasteiger partial charge in [0.05, 0.1) is 5.69 Å². The molecule has 1 atom stereocenters. The highest BCUT2D eigenvalue weighted by Gasteiger charge is 2.33. The predicted octanol–water partition coefficient (Wildman–Crippen LogP) is 3.87. The van der Waals surface area contributed by atoms with Gasteiger partial charge in [0, 0.05) is 12.3 Å². The van der Waals surface area contributed by atoms with Crippen molar-refractivity contribution in [3.05, 3.63) is 17.3 Å². The molecule has 106 valence electrons. The van der Waals surface area contributed by atoms with E-state index in [1.807, 2.05) is 0 Å². The number of oxazole rings is 1. The maximum Gasteiger partial charge on any atom is 0.373 e. The Morgan fingerprint density at radius 3 is 2.58 bits per heavy atom. The molecule has 1 saturated carbocycles. The molecule has 1 aromatic heterocycles. The number of hydrogen-bond donors (Lipinski definition) is 1. The van der Waals surface area contributed by atoms with Gasteiger partial charge in [-0.2, -0.15) is 0 Å². The van der Waals surface area contributed by atoms with E-state index in [0.29, 0.717) is 29.8 Å². The molecular weight excluding hydrogens is 242 g/mol. The fraction of sp³-hybridized carbons (Fsp3) is 0.733. The Hall–Kier alpha value is -1.32. The quantitative estimate of drug-likeness (QED) is 0.877. The second kappa shape index (κ2) is 4.99. The fourth-order valence-electron chi connectivity index (χ4n) is 2.67. The van der Waals surface area contributed by atoms with Gasteiger partial charge in [0.25, 0.3) is 0 Å². The van der Waals surface area contributed by atoms with Crippen LogP contribution in [0.3, 0.4) is 0 Å². The minimum absolute atomic E-state index is 0.0560. The van der Waals surface area contributed by atoms with Crippen LogP contribution in [0.2, 0.25) is 0 Å². The lowest BCUT2D eigenvalue weighted by molar-refractivity contribution is 0.0658. The van der Waals surface area contributed by atoms with Crippen molar-refractivity contribution in [2.24, 2.45) is 11.3 Å². The van der Waals surface area contributed by atoms with E-state index >= 15 is 0 Å². The molecule has 1 N–H and O–H groups in total. The molecule has 4 heteroatoms. The number of nitrogens with zero attached hydrogens (tertiary/aromatic N) is 1. The van der Waals surface area contributed by atoms with Gasteiger partial charge in [-0.15, -0.1) is 0 Å². The van der Waals surface area contributed by atoms with Gasteiger partial charge in [0.15, 0.2) is 5.89 Å². The zero-order valence-corrected chi connectivity index (χ0v) is 12.2. The van der Waals surface area contributed by atoms with Gasteiger partial charge in [0.2, 0.25) is 5.76 Å². The molecule has 1 unspecified atom stereocenters. The van der Waals surface area contributed by atoms with Crippen LogP contribution in [-0.4, -0.2) is 16.1 Å². The first-order valence-electron chi connectivity index (χ1n) is 6.99. The van der Waals surface area contributed by atoms with Gasteiger partial charge in [-0.1, -0.05) is 27.7 Å². The van der Waals surface area contributed by atoms with Crippen molar-refractivity contribution in [2.75, 3.05) is 0 Å². The van der Waals surface area contributed by atoms with E-state index in [-0.39, 0.29) is 11.2 Å². The van der Waals surface area contributed by atoms with Gasteiger partial charge >= 0.3 is 5.97 Å². The lowest BCUT2D eigenvalue weighted by Crippen LogP contribution is -2.12. The first-order valence-corrected chi connectivity index (χ1v) is 6.99. The number of aromatic nitrogens is 1. The van der Waals surface area contributed by atoms with E-state index in [1.165, 1.54) is 0 Å². The second-order valence-electron chi connectivity index (χ2n) is 6.98. The smallest absolute Gasteiger partial charge is 0.373 e. The minimum atomic E-state index is -0.996. The zero-order chi connectivity index (χ0) is 14.2. The molecule has 2 rings (SSSR count). The third-order valence-electron chi connectivity index (χ3n) is 3.34. The summed E-state index contributed by atoms with van der Waals surface area (Å²) in [6.45, 7) is 8.78. The van der Waals surface area contributed by atoms with E-state index in [4.69, 9.17) is 9.52 Å². The van der Waals surface area contributed by atoms with Crippen LogP contribution in [0, 0.1) is 11.3 Å². The van der Waals surface area contributed by atoms with Crippen LogP contribution in [0.4, 0.5) is 0 Å². The van der Waals surface area contributed by atoms with Gasteiger partial charge in [-0.3, -0.25) is 0 Å². The SMILES string of the molecule is CC(Cc1nc(C2CC2)c(C(=O)O)o1)CC(C)(C)C. The molecule has 1 heterocycles. The van der Waals surface area contributed by atoms with Crippen LogP contribution in [0.5, 0.6) is 0 Å². The van der Waals surface area contributed by atoms with Crippen molar-refractivity contribution < 1.29 is 14.3 Å². The zero-order valence-electron chi connectivity index (χ0n) is 12.2. The molecule has 1 aliphatic rings. The molecule has 0 aliphatic heterocycles. The number of carboxylic acids is 1. The summed E-state index contributed by atoms with van der Waals surface area (Å²) in [5.74, 6) is 0.384. The molecule has 4 nitrogen and oxygen atoms in total. The number of aromatic carboxylic acids is 1. The monoisotopic (exact) mass is 265 g/mol. The molecule has 0 bridgehead atoms. The molecular formula is C15H23NO3. The highest BCUT2D eigenvalue weighted by atomic mass is 16.4. The molecule has 1 fully saturated rings. The minimum Gasteiger partial charge on any atom is -0.475 e. The van der Waals surface area contributed by atoms with Crippen molar-refractivity contribution in [3.8, 4) is 0 Å². The number of hydrogen-bond acceptors (Lipinski definition) is 3. The lowest BCUT2D eigenvalue weighted by atomic mass is 9.84. The molecule has 0 spiro atoms. The Labute approximate surface area is 114 Å². The van der Waals surface area contributed by atoms with Crippen molar-refractivity contribution >= 4 is 5.97 Å². The predicted molar refractivity (Wildman–Crippen MR) is 72.4 cm³/mol. The molecule has 0 radical (unpaired) electrons. The van der Waals surface area contributed by atoms with E-state index in [2.05, 4.69) is 32.7 Å². The fourth-order valence-corrected chi connectivity index (χ4v) is 2.67. The molecule has 0 amide bonds. The van der Waals surface area contributed by atoms with Crippen molar-refractivity contribution in [2.45, 2.75) is 59.3 Å². The third kappa shape index (κ3) is 3.82. The highest BCUT2D eigenvalue weighted by molar-refractivity contribution is 5.85. The van der Waals surface area contributed by atoms with Crippen LogP contribution in [0.1, 0.15) is 75.0 Å². The number of carbonyl (C=O) groups is 1. The normalized spacial score (nSPS) is 17.5. The average Bonchev–Trinajstić information content (AvgIpc) is 2.97. The summed E-state index contributed by atoms with van der Waals surface area (Å²) in [7, 11) is 0. The summed E-state index contributed by atoms with van der Waals surface area (Å²) in [6, 6.07) is 0. The molecule has 19 heavy (non-hydrogen) atoms. The third-order valence-corrected chi connectivity index (χ3v) is 3.34. The van der Waals surface area contributed by atoms with Crippen molar-refractivity contribution in [1.82, 2.24) is 4.98 Å². The summed E-state index contributed by atoms with van der Waals surface area (Å²) < 4.78 is 5.45. The van der Waals surface area contributed by atoms with Gasteiger partial charge in [-0.25, -0.2) is 9.78 Å².